The summed E-state index contributed by atoms with van der Waals surface area (Å²) in [5.74, 6) is -1.63. The Morgan fingerprint density at radius 3 is 2.39 bits per heavy atom. The molecule has 1 aromatic heterocycles. The lowest BCUT2D eigenvalue weighted by Crippen LogP contribution is -2.29. The Kier molecular flexibility index (Phi) is 5.50. The Morgan fingerprint density at radius 1 is 0.968 bits per heavy atom. The molecule has 0 saturated carbocycles. The molecule has 1 amide bonds. The Bertz CT molecular complexity index is 1230. The number of amides is 1. The van der Waals surface area contributed by atoms with Crippen LogP contribution >= 0.6 is 15.9 Å². The highest BCUT2D eigenvalue weighted by atomic mass is 79.9. The van der Waals surface area contributed by atoms with E-state index in [1.807, 2.05) is 39.0 Å². The zero-order chi connectivity index (χ0) is 22.3. The summed E-state index contributed by atoms with van der Waals surface area (Å²) in [6.07, 6.45) is 1.61. The van der Waals surface area contributed by atoms with Gasteiger partial charge in [-0.3, -0.25) is 19.5 Å². The second-order valence-corrected chi connectivity index (χ2v) is 8.51. The standard InChI is InChI=1S/C25H21BrN2O3/c1-14-7-9-18(13-15(14)2)28-22(20-6-4-5-11-27-20)21(24(30)25(28)31)23(29)17-8-10-19(26)16(3)12-17/h4-13,22,29H,1-3H3/b23-21+. The van der Waals surface area contributed by atoms with E-state index in [4.69, 9.17) is 0 Å². The van der Waals surface area contributed by atoms with Gasteiger partial charge < -0.3 is 5.11 Å². The number of carbonyl (C=O) groups excluding carboxylic acids is 2. The van der Waals surface area contributed by atoms with E-state index in [0.29, 0.717) is 16.9 Å². The van der Waals surface area contributed by atoms with Crippen LogP contribution in [0.15, 0.2) is 70.8 Å². The molecule has 0 aliphatic carbocycles. The summed E-state index contributed by atoms with van der Waals surface area (Å²) in [4.78, 5) is 32.1. The number of rotatable bonds is 3. The summed E-state index contributed by atoms with van der Waals surface area (Å²) in [6, 6.07) is 15.4. The molecule has 1 fully saturated rings. The van der Waals surface area contributed by atoms with E-state index in [1.54, 1.807) is 42.6 Å². The van der Waals surface area contributed by atoms with Crippen LogP contribution < -0.4 is 4.90 Å². The third kappa shape index (κ3) is 3.68. The monoisotopic (exact) mass is 476 g/mol. The Morgan fingerprint density at radius 2 is 1.74 bits per heavy atom. The minimum atomic E-state index is -0.827. The van der Waals surface area contributed by atoms with Crippen molar-refractivity contribution in [3.8, 4) is 0 Å². The van der Waals surface area contributed by atoms with Crippen LogP contribution in [0.25, 0.3) is 5.76 Å². The first-order chi connectivity index (χ1) is 14.8. The van der Waals surface area contributed by atoms with Crippen molar-refractivity contribution in [1.29, 1.82) is 0 Å². The molecule has 1 saturated heterocycles. The maximum absolute atomic E-state index is 13.1. The van der Waals surface area contributed by atoms with Crippen LogP contribution in [0.2, 0.25) is 0 Å². The van der Waals surface area contributed by atoms with E-state index in [2.05, 4.69) is 20.9 Å². The molecule has 156 valence electrons. The minimum absolute atomic E-state index is 0.0312. The number of aryl methyl sites for hydroxylation is 3. The molecule has 4 rings (SSSR count). The van der Waals surface area contributed by atoms with E-state index in [-0.39, 0.29) is 11.3 Å². The van der Waals surface area contributed by atoms with E-state index < -0.39 is 17.7 Å². The van der Waals surface area contributed by atoms with Gasteiger partial charge in [-0.2, -0.15) is 0 Å². The molecule has 31 heavy (non-hydrogen) atoms. The molecule has 3 aromatic rings. The molecule has 1 N–H and O–H groups in total. The van der Waals surface area contributed by atoms with Crippen LogP contribution in [0.5, 0.6) is 0 Å². The van der Waals surface area contributed by atoms with E-state index in [9.17, 15) is 14.7 Å². The van der Waals surface area contributed by atoms with Gasteiger partial charge in [0.25, 0.3) is 11.7 Å². The molecule has 1 unspecified atom stereocenters. The van der Waals surface area contributed by atoms with Crippen LogP contribution in [-0.4, -0.2) is 21.8 Å². The number of aromatic nitrogens is 1. The number of hydrogen-bond acceptors (Lipinski definition) is 4. The van der Waals surface area contributed by atoms with Crippen LogP contribution in [0.3, 0.4) is 0 Å². The van der Waals surface area contributed by atoms with Gasteiger partial charge in [-0.15, -0.1) is 0 Å². The molecule has 1 aliphatic rings. The highest BCUT2D eigenvalue weighted by Crippen LogP contribution is 2.42. The highest BCUT2D eigenvalue weighted by molar-refractivity contribution is 9.10. The van der Waals surface area contributed by atoms with Crippen molar-refractivity contribution in [2.75, 3.05) is 4.90 Å². The number of aliphatic hydroxyl groups excluding tert-OH is 1. The molecular weight excluding hydrogens is 456 g/mol. The predicted octanol–water partition coefficient (Wildman–Crippen LogP) is 5.40. The highest BCUT2D eigenvalue weighted by Gasteiger charge is 2.47. The van der Waals surface area contributed by atoms with Crippen molar-refractivity contribution >= 4 is 39.1 Å². The Hall–Kier alpha value is -3.25. The number of ketones is 1. The summed E-state index contributed by atoms with van der Waals surface area (Å²) >= 11 is 3.45. The van der Waals surface area contributed by atoms with E-state index in [0.717, 1.165) is 21.2 Å². The Labute approximate surface area is 189 Å². The fourth-order valence-corrected chi connectivity index (χ4v) is 3.99. The normalized spacial score (nSPS) is 17.9. The minimum Gasteiger partial charge on any atom is -0.507 e. The maximum atomic E-state index is 13.1. The number of pyridine rings is 1. The first-order valence-electron chi connectivity index (χ1n) is 9.85. The lowest BCUT2D eigenvalue weighted by molar-refractivity contribution is -0.132. The van der Waals surface area contributed by atoms with E-state index in [1.165, 1.54) is 4.90 Å². The molecule has 0 radical (unpaired) electrons. The number of nitrogens with zero attached hydrogens (tertiary/aromatic N) is 2. The van der Waals surface area contributed by atoms with Crippen molar-refractivity contribution in [1.82, 2.24) is 4.98 Å². The smallest absolute Gasteiger partial charge is 0.300 e. The van der Waals surface area contributed by atoms with Crippen LogP contribution in [0, 0.1) is 20.8 Å². The first-order valence-corrected chi connectivity index (χ1v) is 10.6. The zero-order valence-electron chi connectivity index (χ0n) is 17.4. The van der Waals surface area contributed by atoms with Gasteiger partial charge in [-0.05, 0) is 73.9 Å². The van der Waals surface area contributed by atoms with Crippen molar-refractivity contribution in [2.24, 2.45) is 0 Å². The second kappa shape index (κ2) is 8.12. The average Bonchev–Trinajstić information content (AvgIpc) is 3.03. The van der Waals surface area contributed by atoms with Crippen molar-refractivity contribution in [3.05, 3.63) is 98.8 Å². The molecule has 0 spiro atoms. The van der Waals surface area contributed by atoms with Crippen molar-refractivity contribution < 1.29 is 14.7 Å². The van der Waals surface area contributed by atoms with Gasteiger partial charge in [0, 0.05) is 21.9 Å². The third-order valence-electron chi connectivity index (χ3n) is 5.61. The SMILES string of the molecule is Cc1ccc(N2C(=O)C(=O)/C(=C(/O)c3ccc(Br)c(C)c3)C2c2ccccn2)cc1C. The van der Waals surface area contributed by atoms with Gasteiger partial charge in [0.2, 0.25) is 0 Å². The fourth-order valence-electron chi connectivity index (χ4n) is 3.74. The van der Waals surface area contributed by atoms with Gasteiger partial charge in [0.05, 0.1) is 11.3 Å². The molecule has 1 atom stereocenters. The number of carbonyl (C=O) groups is 2. The van der Waals surface area contributed by atoms with Crippen molar-refractivity contribution in [2.45, 2.75) is 26.8 Å². The first kappa shape index (κ1) is 21.0. The summed E-state index contributed by atoms with van der Waals surface area (Å²) in [6.45, 7) is 5.83. The van der Waals surface area contributed by atoms with Crippen molar-refractivity contribution in [3.63, 3.8) is 0 Å². The zero-order valence-corrected chi connectivity index (χ0v) is 19.0. The lowest BCUT2D eigenvalue weighted by atomic mass is 9.97. The number of aliphatic hydroxyl groups is 1. The number of halogens is 1. The molecular formula is C25H21BrN2O3. The molecule has 2 aromatic carbocycles. The van der Waals surface area contributed by atoms with Gasteiger partial charge >= 0.3 is 0 Å². The van der Waals surface area contributed by atoms with Gasteiger partial charge in [0.15, 0.2) is 0 Å². The number of anilines is 1. The summed E-state index contributed by atoms with van der Waals surface area (Å²) in [5, 5.41) is 11.2. The molecule has 5 nitrogen and oxygen atoms in total. The molecule has 0 bridgehead atoms. The van der Waals surface area contributed by atoms with E-state index >= 15 is 0 Å². The van der Waals surface area contributed by atoms with Gasteiger partial charge in [-0.1, -0.05) is 34.1 Å². The molecule has 2 heterocycles. The lowest BCUT2D eigenvalue weighted by Gasteiger charge is -2.25. The molecule has 6 heteroatoms. The van der Waals surface area contributed by atoms with Crippen LogP contribution in [-0.2, 0) is 9.59 Å². The predicted molar refractivity (Wildman–Crippen MR) is 124 cm³/mol. The quantitative estimate of drug-likeness (QED) is 0.312. The maximum Gasteiger partial charge on any atom is 0.300 e. The second-order valence-electron chi connectivity index (χ2n) is 7.66. The number of hydrogen-bond donors (Lipinski definition) is 1. The summed E-state index contributed by atoms with van der Waals surface area (Å²) < 4.78 is 0.890. The molecule has 1 aliphatic heterocycles. The number of benzene rings is 2. The average molecular weight is 477 g/mol. The Balaban J connectivity index is 1.95. The van der Waals surface area contributed by atoms with Crippen LogP contribution in [0.1, 0.15) is 34.0 Å². The largest absolute Gasteiger partial charge is 0.507 e. The summed E-state index contributed by atoms with van der Waals surface area (Å²) in [5.41, 5.74) is 4.59. The van der Waals surface area contributed by atoms with Gasteiger partial charge in [0.1, 0.15) is 11.8 Å². The van der Waals surface area contributed by atoms with Crippen LogP contribution in [0.4, 0.5) is 5.69 Å². The third-order valence-corrected chi connectivity index (χ3v) is 6.50. The number of Topliss-reactive ketones (excluding diaryl/α,β-unsaturated/α-hetero) is 1. The topological polar surface area (TPSA) is 70.5 Å². The summed E-state index contributed by atoms with van der Waals surface area (Å²) in [7, 11) is 0. The fraction of sp³-hybridized carbons (Fsp3) is 0.160. The van der Waals surface area contributed by atoms with Gasteiger partial charge in [-0.25, -0.2) is 0 Å².